The molecule has 0 fully saturated rings. The highest BCUT2D eigenvalue weighted by molar-refractivity contribution is 7.92. The molecular formula is C21H27ClN2O5S. The lowest BCUT2D eigenvalue weighted by Gasteiger charge is -2.26. The van der Waals surface area contributed by atoms with E-state index in [1.807, 2.05) is 13.8 Å². The Morgan fingerprint density at radius 2 is 1.67 bits per heavy atom. The van der Waals surface area contributed by atoms with Gasteiger partial charge in [-0.2, -0.15) is 0 Å². The van der Waals surface area contributed by atoms with Crippen LogP contribution in [0.4, 0.5) is 5.69 Å². The average Bonchev–Trinajstić information content (AvgIpc) is 2.69. The third kappa shape index (κ3) is 6.03. The van der Waals surface area contributed by atoms with Gasteiger partial charge in [-0.05, 0) is 29.7 Å². The molecule has 164 valence electrons. The van der Waals surface area contributed by atoms with E-state index in [1.54, 1.807) is 24.3 Å². The number of rotatable bonds is 9. The fourth-order valence-electron chi connectivity index (χ4n) is 2.79. The van der Waals surface area contributed by atoms with Gasteiger partial charge in [-0.3, -0.25) is 9.10 Å². The molecule has 2 rings (SSSR count). The van der Waals surface area contributed by atoms with Crippen LogP contribution in [0.3, 0.4) is 0 Å². The first kappa shape index (κ1) is 23.8. The molecule has 0 heterocycles. The summed E-state index contributed by atoms with van der Waals surface area (Å²) < 4.78 is 37.2. The molecule has 2 aromatic rings. The first-order valence-electron chi connectivity index (χ1n) is 9.33. The summed E-state index contributed by atoms with van der Waals surface area (Å²) in [6.45, 7) is 4.41. The van der Waals surface area contributed by atoms with Gasteiger partial charge in [-0.15, -0.1) is 0 Å². The average molecular weight is 455 g/mol. The molecule has 0 atom stereocenters. The zero-order valence-corrected chi connectivity index (χ0v) is 19.3. The normalized spacial score (nSPS) is 11.3. The van der Waals surface area contributed by atoms with Gasteiger partial charge in [0.25, 0.3) is 5.91 Å². The molecule has 0 bridgehead atoms. The van der Waals surface area contributed by atoms with Crippen LogP contribution >= 0.6 is 11.6 Å². The molecule has 9 heteroatoms. The molecule has 0 radical (unpaired) electrons. The van der Waals surface area contributed by atoms with E-state index in [1.165, 1.54) is 30.7 Å². The highest BCUT2D eigenvalue weighted by atomic mass is 35.5. The van der Waals surface area contributed by atoms with Crippen LogP contribution in [0.2, 0.25) is 5.02 Å². The lowest BCUT2D eigenvalue weighted by atomic mass is 10.1. The SMILES string of the molecule is COc1cc(C(=O)NCC(C)C)c(N(Cc2ccc(Cl)cc2)S(C)(=O)=O)cc1OC. The van der Waals surface area contributed by atoms with Crippen molar-refractivity contribution in [2.75, 3.05) is 31.3 Å². The standard InChI is InChI=1S/C21H27ClN2O5S/c1-14(2)12-23-21(25)17-10-19(28-3)20(29-4)11-18(17)24(30(5,26)27)13-15-6-8-16(22)9-7-15/h6-11,14H,12-13H2,1-5H3,(H,23,25). The summed E-state index contributed by atoms with van der Waals surface area (Å²) in [5.41, 5.74) is 1.09. The monoisotopic (exact) mass is 454 g/mol. The minimum Gasteiger partial charge on any atom is -0.493 e. The first-order chi connectivity index (χ1) is 14.1. The van der Waals surface area contributed by atoms with E-state index >= 15 is 0 Å². The van der Waals surface area contributed by atoms with E-state index in [-0.39, 0.29) is 23.7 Å². The summed E-state index contributed by atoms with van der Waals surface area (Å²) in [6.07, 6.45) is 1.09. The zero-order chi connectivity index (χ0) is 22.5. The Hall–Kier alpha value is -2.45. The number of amides is 1. The molecule has 0 unspecified atom stereocenters. The summed E-state index contributed by atoms with van der Waals surface area (Å²) in [6, 6.07) is 9.83. The maximum atomic E-state index is 12.9. The molecule has 0 aliphatic carbocycles. The number of carbonyl (C=O) groups is 1. The van der Waals surface area contributed by atoms with Gasteiger partial charge in [0, 0.05) is 17.6 Å². The Labute approximate surface area is 183 Å². The lowest BCUT2D eigenvalue weighted by molar-refractivity contribution is 0.0949. The predicted molar refractivity (Wildman–Crippen MR) is 119 cm³/mol. The van der Waals surface area contributed by atoms with Gasteiger partial charge in [0.05, 0.1) is 38.3 Å². The molecular weight excluding hydrogens is 428 g/mol. The molecule has 1 N–H and O–H groups in total. The van der Waals surface area contributed by atoms with Crippen LogP contribution in [0.25, 0.3) is 0 Å². The number of nitrogens with zero attached hydrogens (tertiary/aromatic N) is 1. The van der Waals surface area contributed by atoms with Gasteiger partial charge in [0.2, 0.25) is 10.0 Å². The van der Waals surface area contributed by atoms with Gasteiger partial charge in [-0.1, -0.05) is 37.6 Å². The van der Waals surface area contributed by atoms with Crippen molar-refractivity contribution in [2.45, 2.75) is 20.4 Å². The highest BCUT2D eigenvalue weighted by Gasteiger charge is 2.26. The second kappa shape index (κ2) is 10.0. The third-order valence-electron chi connectivity index (χ3n) is 4.33. The summed E-state index contributed by atoms with van der Waals surface area (Å²) in [4.78, 5) is 12.9. The van der Waals surface area contributed by atoms with E-state index in [4.69, 9.17) is 21.1 Å². The van der Waals surface area contributed by atoms with Crippen molar-refractivity contribution in [1.82, 2.24) is 5.32 Å². The molecule has 30 heavy (non-hydrogen) atoms. The summed E-state index contributed by atoms with van der Waals surface area (Å²) in [5, 5.41) is 3.38. The number of ether oxygens (including phenoxy) is 2. The fourth-order valence-corrected chi connectivity index (χ4v) is 3.80. The third-order valence-corrected chi connectivity index (χ3v) is 5.70. The molecule has 7 nitrogen and oxygen atoms in total. The predicted octanol–water partition coefficient (Wildman–Crippen LogP) is 3.71. The highest BCUT2D eigenvalue weighted by Crippen LogP contribution is 2.37. The molecule has 0 aliphatic rings. The van der Waals surface area contributed by atoms with E-state index in [2.05, 4.69) is 5.32 Å². The Bertz CT molecular complexity index is 991. The minimum atomic E-state index is -3.73. The van der Waals surface area contributed by atoms with Crippen LogP contribution in [0.15, 0.2) is 36.4 Å². The van der Waals surface area contributed by atoms with E-state index in [0.29, 0.717) is 28.6 Å². The van der Waals surface area contributed by atoms with Crippen LogP contribution < -0.4 is 19.1 Å². The van der Waals surface area contributed by atoms with Crippen molar-refractivity contribution in [1.29, 1.82) is 0 Å². The zero-order valence-electron chi connectivity index (χ0n) is 17.7. The van der Waals surface area contributed by atoms with Gasteiger partial charge < -0.3 is 14.8 Å². The van der Waals surface area contributed by atoms with E-state index in [9.17, 15) is 13.2 Å². The number of hydrogen-bond donors (Lipinski definition) is 1. The summed E-state index contributed by atoms with van der Waals surface area (Å²) in [5.74, 6) is 0.482. The number of anilines is 1. The number of methoxy groups -OCH3 is 2. The molecule has 0 saturated heterocycles. The van der Waals surface area contributed by atoms with Crippen molar-refractivity contribution in [3.8, 4) is 11.5 Å². The number of hydrogen-bond acceptors (Lipinski definition) is 5. The van der Waals surface area contributed by atoms with Crippen molar-refractivity contribution in [3.63, 3.8) is 0 Å². The van der Waals surface area contributed by atoms with Crippen molar-refractivity contribution >= 4 is 33.2 Å². The van der Waals surface area contributed by atoms with Crippen LogP contribution in [0, 0.1) is 5.92 Å². The maximum absolute atomic E-state index is 12.9. The van der Waals surface area contributed by atoms with Gasteiger partial charge in [0.15, 0.2) is 11.5 Å². The lowest BCUT2D eigenvalue weighted by Crippen LogP contribution is -2.33. The first-order valence-corrected chi connectivity index (χ1v) is 11.6. The Balaban J connectivity index is 2.61. The summed E-state index contributed by atoms with van der Waals surface area (Å²) in [7, 11) is -0.832. The van der Waals surface area contributed by atoms with Crippen LogP contribution in [-0.4, -0.2) is 41.3 Å². The number of carbonyl (C=O) groups excluding carboxylic acids is 1. The topological polar surface area (TPSA) is 84.9 Å². The Kier molecular flexibility index (Phi) is 7.97. The van der Waals surface area contributed by atoms with Crippen molar-refractivity contribution in [2.24, 2.45) is 5.92 Å². The number of sulfonamides is 1. The van der Waals surface area contributed by atoms with E-state index < -0.39 is 15.9 Å². The largest absolute Gasteiger partial charge is 0.493 e. The van der Waals surface area contributed by atoms with Crippen LogP contribution in [-0.2, 0) is 16.6 Å². The smallest absolute Gasteiger partial charge is 0.253 e. The van der Waals surface area contributed by atoms with E-state index in [0.717, 1.165) is 6.26 Å². The number of benzene rings is 2. The van der Waals surface area contributed by atoms with Gasteiger partial charge >= 0.3 is 0 Å². The fraction of sp³-hybridized carbons (Fsp3) is 0.381. The molecule has 2 aromatic carbocycles. The second-order valence-electron chi connectivity index (χ2n) is 7.22. The van der Waals surface area contributed by atoms with Crippen LogP contribution in [0.5, 0.6) is 11.5 Å². The van der Waals surface area contributed by atoms with Gasteiger partial charge in [-0.25, -0.2) is 8.42 Å². The molecule has 0 aliphatic heterocycles. The maximum Gasteiger partial charge on any atom is 0.253 e. The second-order valence-corrected chi connectivity index (χ2v) is 9.57. The number of halogens is 1. The number of nitrogens with one attached hydrogen (secondary N) is 1. The van der Waals surface area contributed by atoms with Crippen molar-refractivity contribution < 1.29 is 22.7 Å². The molecule has 0 aromatic heterocycles. The van der Waals surface area contributed by atoms with Crippen molar-refractivity contribution in [3.05, 3.63) is 52.5 Å². The van der Waals surface area contributed by atoms with Crippen LogP contribution in [0.1, 0.15) is 29.8 Å². The minimum absolute atomic E-state index is 0.0238. The Morgan fingerprint density at radius 1 is 1.10 bits per heavy atom. The van der Waals surface area contributed by atoms with Gasteiger partial charge in [0.1, 0.15) is 0 Å². The molecule has 0 saturated carbocycles. The molecule has 1 amide bonds. The Morgan fingerprint density at radius 3 is 2.17 bits per heavy atom. The molecule has 0 spiro atoms. The quantitative estimate of drug-likeness (QED) is 0.624. The summed E-state index contributed by atoms with van der Waals surface area (Å²) >= 11 is 5.94.